The van der Waals surface area contributed by atoms with Crippen LogP contribution in [0.2, 0.25) is 0 Å². The van der Waals surface area contributed by atoms with Crippen molar-refractivity contribution in [2.45, 2.75) is 52.1 Å². The maximum absolute atomic E-state index is 13.3. The Balaban J connectivity index is 1.38. The Morgan fingerprint density at radius 2 is 1.91 bits per heavy atom. The number of hydrogen-bond acceptors (Lipinski definition) is 5. The molecule has 0 spiro atoms. The van der Waals surface area contributed by atoms with E-state index < -0.39 is 6.10 Å². The number of aromatic nitrogens is 1. The fourth-order valence-corrected chi connectivity index (χ4v) is 8.12. The SMILES string of the molecule is C[C@H](C(=O)N1CCN(C)CC1)C1CC[C@@]2(C)Cc3sc(-c4ccccc4)nc3[C@@H](C)[C@@H]2[C@H]1O. The average molecular weight is 468 g/mol. The molecule has 1 amide bonds. The number of aliphatic hydroxyl groups excluding tert-OH is 1. The molecule has 1 saturated carbocycles. The van der Waals surface area contributed by atoms with E-state index in [4.69, 9.17) is 4.98 Å². The topological polar surface area (TPSA) is 56.7 Å². The number of carbonyl (C=O) groups excluding carboxylic acids is 1. The molecule has 6 heteroatoms. The summed E-state index contributed by atoms with van der Waals surface area (Å²) < 4.78 is 0. The highest BCUT2D eigenvalue weighted by Crippen LogP contribution is 2.57. The van der Waals surface area contributed by atoms with Crippen molar-refractivity contribution in [3.63, 3.8) is 0 Å². The van der Waals surface area contributed by atoms with Gasteiger partial charge in [0.1, 0.15) is 5.01 Å². The van der Waals surface area contributed by atoms with Gasteiger partial charge in [0.05, 0.1) is 11.8 Å². The Morgan fingerprint density at radius 3 is 2.61 bits per heavy atom. The van der Waals surface area contributed by atoms with Gasteiger partial charge in [-0.05, 0) is 43.6 Å². The van der Waals surface area contributed by atoms with Gasteiger partial charge in [-0.15, -0.1) is 11.3 Å². The van der Waals surface area contributed by atoms with Gasteiger partial charge in [-0.25, -0.2) is 4.98 Å². The highest BCUT2D eigenvalue weighted by atomic mass is 32.1. The zero-order valence-electron chi connectivity index (χ0n) is 20.3. The molecule has 1 aromatic heterocycles. The lowest BCUT2D eigenvalue weighted by Gasteiger charge is -2.53. The summed E-state index contributed by atoms with van der Waals surface area (Å²) in [4.78, 5) is 24.1. The highest BCUT2D eigenvalue weighted by molar-refractivity contribution is 7.15. The molecule has 2 fully saturated rings. The fraction of sp³-hybridized carbons (Fsp3) is 0.630. The van der Waals surface area contributed by atoms with Crippen molar-refractivity contribution in [1.82, 2.24) is 14.8 Å². The van der Waals surface area contributed by atoms with E-state index in [0.717, 1.165) is 50.4 Å². The van der Waals surface area contributed by atoms with Gasteiger partial charge in [-0.2, -0.15) is 0 Å². The second-order valence-corrected chi connectivity index (χ2v) is 12.0. The number of benzene rings is 1. The minimum absolute atomic E-state index is 0.0199. The van der Waals surface area contributed by atoms with Crippen molar-refractivity contribution in [3.05, 3.63) is 40.9 Å². The van der Waals surface area contributed by atoms with Crippen LogP contribution in [0.3, 0.4) is 0 Å². The first kappa shape index (κ1) is 23.0. The van der Waals surface area contributed by atoms with Crippen molar-refractivity contribution in [2.75, 3.05) is 33.2 Å². The van der Waals surface area contributed by atoms with Gasteiger partial charge >= 0.3 is 0 Å². The van der Waals surface area contributed by atoms with Crippen LogP contribution in [0.5, 0.6) is 0 Å². The molecule has 1 aromatic carbocycles. The van der Waals surface area contributed by atoms with E-state index in [9.17, 15) is 9.90 Å². The quantitative estimate of drug-likeness (QED) is 0.732. The van der Waals surface area contributed by atoms with E-state index in [1.807, 2.05) is 29.2 Å². The van der Waals surface area contributed by atoms with Gasteiger partial charge in [0.2, 0.25) is 5.91 Å². The Labute approximate surface area is 201 Å². The third-order valence-electron chi connectivity index (χ3n) is 8.79. The predicted octanol–water partition coefficient (Wildman–Crippen LogP) is 4.27. The molecule has 0 bridgehead atoms. The zero-order valence-corrected chi connectivity index (χ0v) is 21.1. The number of thiazole rings is 1. The van der Waals surface area contributed by atoms with Crippen molar-refractivity contribution in [3.8, 4) is 10.6 Å². The van der Waals surface area contributed by atoms with Gasteiger partial charge in [0.15, 0.2) is 0 Å². The zero-order chi connectivity index (χ0) is 23.3. The summed E-state index contributed by atoms with van der Waals surface area (Å²) in [6, 6.07) is 10.4. The lowest BCUT2D eigenvalue weighted by atomic mass is 9.53. The van der Waals surface area contributed by atoms with Crippen LogP contribution in [0.4, 0.5) is 0 Å². The largest absolute Gasteiger partial charge is 0.392 e. The predicted molar refractivity (Wildman–Crippen MR) is 133 cm³/mol. The lowest BCUT2D eigenvalue weighted by molar-refractivity contribution is -0.146. The number of piperazine rings is 1. The van der Waals surface area contributed by atoms with Crippen LogP contribution in [0.25, 0.3) is 10.6 Å². The van der Waals surface area contributed by atoms with Gasteiger partial charge in [0, 0.05) is 48.5 Å². The van der Waals surface area contributed by atoms with Gasteiger partial charge in [-0.3, -0.25) is 4.79 Å². The summed E-state index contributed by atoms with van der Waals surface area (Å²) in [5.74, 6) is 0.427. The van der Waals surface area contributed by atoms with Crippen molar-refractivity contribution >= 4 is 17.2 Å². The average Bonchev–Trinajstić information content (AvgIpc) is 3.23. The lowest BCUT2D eigenvalue weighted by Crippen LogP contribution is -2.55. The molecule has 2 aliphatic carbocycles. The number of carbonyl (C=O) groups is 1. The maximum Gasteiger partial charge on any atom is 0.225 e. The molecule has 0 radical (unpaired) electrons. The molecule has 6 atom stereocenters. The van der Waals surface area contributed by atoms with Gasteiger partial charge in [0.25, 0.3) is 0 Å². The first-order valence-corrected chi connectivity index (χ1v) is 13.3. The molecule has 1 unspecified atom stereocenters. The van der Waals surface area contributed by atoms with Crippen molar-refractivity contribution < 1.29 is 9.90 Å². The molecule has 33 heavy (non-hydrogen) atoms. The Bertz CT molecular complexity index is 1000. The van der Waals surface area contributed by atoms with E-state index in [1.54, 1.807) is 0 Å². The summed E-state index contributed by atoms with van der Waals surface area (Å²) in [6.45, 7) is 10.1. The smallest absolute Gasteiger partial charge is 0.225 e. The van der Waals surface area contributed by atoms with E-state index in [-0.39, 0.29) is 35.0 Å². The van der Waals surface area contributed by atoms with E-state index in [1.165, 1.54) is 16.1 Å². The molecule has 2 heterocycles. The van der Waals surface area contributed by atoms with Crippen LogP contribution in [0.1, 0.15) is 50.1 Å². The van der Waals surface area contributed by atoms with Gasteiger partial charge in [-0.1, -0.05) is 51.1 Å². The molecule has 1 saturated heterocycles. The second kappa shape index (κ2) is 8.79. The molecule has 178 valence electrons. The summed E-state index contributed by atoms with van der Waals surface area (Å²) in [5.41, 5.74) is 2.39. The normalized spacial score (nSPS) is 33.3. The standard InChI is InChI=1S/C27H37N3O2S/c1-17(26(32)30-14-12-29(4)13-15-30)20-10-11-27(3)16-21-23(18(2)22(27)24(20)31)28-25(33-21)19-8-6-5-7-9-19/h5-9,17-18,20,22,24,31H,10-16H2,1-4H3/t17-,18-,20?,22+,24-,27-/m0/s1. The Hall–Kier alpha value is -1.76. The van der Waals surface area contributed by atoms with E-state index >= 15 is 0 Å². The number of nitrogens with zero attached hydrogens (tertiary/aromatic N) is 3. The van der Waals surface area contributed by atoms with Crippen LogP contribution < -0.4 is 0 Å². The van der Waals surface area contributed by atoms with Gasteiger partial charge < -0.3 is 14.9 Å². The summed E-state index contributed by atoms with van der Waals surface area (Å²) in [6.07, 6.45) is 2.48. The number of amides is 1. The molecule has 3 aliphatic rings. The van der Waals surface area contributed by atoms with Crippen LogP contribution in [0.15, 0.2) is 30.3 Å². The molecule has 1 aliphatic heterocycles. The Kier molecular flexibility index (Phi) is 6.13. The molecule has 5 rings (SSSR count). The number of hydrogen-bond donors (Lipinski definition) is 1. The van der Waals surface area contributed by atoms with Crippen molar-refractivity contribution in [1.29, 1.82) is 0 Å². The molecular weight excluding hydrogens is 430 g/mol. The first-order chi connectivity index (χ1) is 15.8. The summed E-state index contributed by atoms with van der Waals surface area (Å²) >= 11 is 1.82. The van der Waals surface area contributed by atoms with Crippen LogP contribution >= 0.6 is 11.3 Å². The minimum atomic E-state index is -0.472. The highest BCUT2D eigenvalue weighted by Gasteiger charge is 2.54. The van der Waals surface area contributed by atoms with Crippen LogP contribution in [0, 0.1) is 23.2 Å². The summed E-state index contributed by atoms with van der Waals surface area (Å²) in [5, 5.41) is 12.8. The third kappa shape index (κ3) is 4.04. The molecule has 2 aromatic rings. The molecule has 1 N–H and O–H groups in total. The minimum Gasteiger partial charge on any atom is -0.392 e. The first-order valence-electron chi connectivity index (χ1n) is 12.5. The third-order valence-corrected chi connectivity index (χ3v) is 9.91. The van der Waals surface area contributed by atoms with E-state index in [0.29, 0.717) is 0 Å². The van der Waals surface area contributed by atoms with Crippen LogP contribution in [-0.2, 0) is 11.2 Å². The fourth-order valence-electron chi connectivity index (χ4n) is 6.75. The van der Waals surface area contributed by atoms with Crippen LogP contribution in [-0.4, -0.2) is 65.1 Å². The Morgan fingerprint density at radius 1 is 1.21 bits per heavy atom. The monoisotopic (exact) mass is 467 g/mol. The molecular formula is C27H37N3O2S. The molecule has 5 nitrogen and oxygen atoms in total. The maximum atomic E-state index is 13.3. The number of fused-ring (bicyclic) bond motifs is 2. The number of rotatable bonds is 3. The number of likely N-dealkylation sites (N-methyl/N-ethyl adjacent to an activating group) is 1. The summed E-state index contributed by atoms with van der Waals surface area (Å²) in [7, 11) is 2.11. The number of aliphatic hydroxyl groups is 1. The van der Waals surface area contributed by atoms with Crippen molar-refractivity contribution in [2.24, 2.45) is 23.2 Å². The van der Waals surface area contributed by atoms with E-state index in [2.05, 4.69) is 50.1 Å². The second-order valence-electron chi connectivity index (χ2n) is 10.9.